The molecule has 1 amide bonds. The largest absolute Gasteiger partial charge is 0.450 e. The Bertz CT molecular complexity index is 1000. The molecule has 7 nitrogen and oxygen atoms in total. The number of nitrogens with zero attached hydrogens (tertiary/aromatic N) is 1. The molecular weight excluding hydrogens is 406 g/mol. The zero-order valence-electron chi connectivity index (χ0n) is 19.0. The number of nitrogens with two attached hydrogens (primary N) is 1. The fourth-order valence-corrected chi connectivity index (χ4v) is 3.93. The summed E-state index contributed by atoms with van der Waals surface area (Å²) in [5, 5.41) is 13.4. The van der Waals surface area contributed by atoms with E-state index < -0.39 is 12.2 Å². The van der Waals surface area contributed by atoms with Crippen molar-refractivity contribution in [3.05, 3.63) is 59.7 Å². The number of oxazole rings is 1. The molecule has 1 heterocycles. The molecule has 0 saturated carbocycles. The summed E-state index contributed by atoms with van der Waals surface area (Å²) < 4.78 is 10.6. The quantitative estimate of drug-likeness (QED) is 0.417. The van der Waals surface area contributed by atoms with Crippen LogP contribution in [0.1, 0.15) is 50.7 Å². The molecule has 32 heavy (non-hydrogen) atoms. The highest BCUT2D eigenvalue weighted by molar-refractivity contribution is 5.84. The molecule has 4 N–H and O–H groups in total. The van der Waals surface area contributed by atoms with Crippen molar-refractivity contribution in [3.63, 3.8) is 0 Å². The van der Waals surface area contributed by atoms with Gasteiger partial charge in [0.1, 0.15) is 5.52 Å². The maximum absolute atomic E-state index is 11.6. The number of benzene rings is 2. The maximum Gasteiger partial charge on any atom is 0.415 e. The lowest BCUT2D eigenvalue weighted by Crippen LogP contribution is -2.37. The van der Waals surface area contributed by atoms with Crippen LogP contribution >= 0.6 is 0 Å². The van der Waals surface area contributed by atoms with E-state index in [9.17, 15) is 9.90 Å². The summed E-state index contributed by atoms with van der Waals surface area (Å²) in [6, 6.07) is 15.5. The summed E-state index contributed by atoms with van der Waals surface area (Å²) in [6.07, 6.45) is 0.848. The number of aliphatic hydroxyl groups is 1. The van der Waals surface area contributed by atoms with Gasteiger partial charge in [0.05, 0.1) is 12.7 Å². The van der Waals surface area contributed by atoms with Crippen LogP contribution in [0.5, 0.6) is 0 Å². The van der Waals surface area contributed by atoms with E-state index in [0.29, 0.717) is 29.9 Å². The zero-order chi connectivity index (χ0) is 23.1. The molecule has 0 saturated heterocycles. The van der Waals surface area contributed by atoms with E-state index >= 15 is 0 Å². The number of amides is 1. The molecule has 0 fully saturated rings. The molecule has 7 heteroatoms. The molecule has 3 atom stereocenters. The predicted octanol–water partition coefficient (Wildman–Crippen LogP) is 4.85. The molecule has 0 aliphatic rings. The second-order valence-electron chi connectivity index (χ2n) is 8.57. The molecule has 3 rings (SSSR count). The summed E-state index contributed by atoms with van der Waals surface area (Å²) in [7, 11) is 0. The van der Waals surface area contributed by atoms with E-state index in [1.54, 1.807) is 6.92 Å². The zero-order valence-corrected chi connectivity index (χ0v) is 19.0. The highest BCUT2D eigenvalue weighted by Gasteiger charge is 2.23. The van der Waals surface area contributed by atoms with Gasteiger partial charge in [-0.3, -0.25) is 0 Å². The summed E-state index contributed by atoms with van der Waals surface area (Å²) in [4.78, 5) is 15.9. The summed E-state index contributed by atoms with van der Waals surface area (Å²) in [6.45, 7) is 6.32. The molecule has 0 aliphatic heterocycles. The van der Waals surface area contributed by atoms with Gasteiger partial charge in [0.25, 0.3) is 0 Å². The fourth-order valence-electron chi connectivity index (χ4n) is 3.93. The average molecular weight is 440 g/mol. The molecule has 2 aromatic carbocycles. The molecule has 172 valence electrons. The van der Waals surface area contributed by atoms with Gasteiger partial charge in [0.15, 0.2) is 5.58 Å². The lowest BCUT2D eigenvalue weighted by molar-refractivity contribution is 0.123. The number of carbonyl (C=O) groups is 1. The Kier molecular flexibility index (Phi) is 8.25. The van der Waals surface area contributed by atoms with Crippen LogP contribution in [0, 0.1) is 5.92 Å². The van der Waals surface area contributed by atoms with Gasteiger partial charge in [-0.2, -0.15) is 4.98 Å². The van der Waals surface area contributed by atoms with Crippen molar-refractivity contribution in [1.29, 1.82) is 0 Å². The second kappa shape index (κ2) is 11.1. The Morgan fingerprint density at radius 3 is 2.62 bits per heavy atom. The van der Waals surface area contributed by atoms with Gasteiger partial charge in [-0.1, -0.05) is 50.2 Å². The minimum Gasteiger partial charge on any atom is -0.450 e. The number of nitrogens with one attached hydrogen (secondary N) is 1. The van der Waals surface area contributed by atoms with E-state index in [4.69, 9.17) is 14.9 Å². The normalized spacial score (nSPS) is 14.3. The van der Waals surface area contributed by atoms with Crippen molar-refractivity contribution in [2.24, 2.45) is 11.7 Å². The number of aliphatic hydroxyl groups excluding tert-OH is 1. The first kappa shape index (κ1) is 23.8. The van der Waals surface area contributed by atoms with E-state index in [1.807, 2.05) is 48.5 Å². The second-order valence-corrected chi connectivity index (χ2v) is 8.57. The standard InChI is InChI=1S/C25H33N3O4/c1-4-31-25(30)28-24-27-21-11-10-18(15-23(21)32-24)19(12-16(2)3)14-22(29)20(26)13-17-8-6-5-7-9-17/h5-11,15-16,19-20,22,29H,4,12-14,26H2,1-3H3,(H,27,28,30)/t19?,20-,22+/m0/s1. The number of fused-ring (bicyclic) bond motifs is 1. The highest BCUT2D eigenvalue weighted by Crippen LogP contribution is 2.32. The lowest BCUT2D eigenvalue weighted by atomic mass is 9.84. The first-order chi connectivity index (χ1) is 15.4. The lowest BCUT2D eigenvalue weighted by Gasteiger charge is -2.26. The number of hydrogen-bond donors (Lipinski definition) is 3. The van der Waals surface area contributed by atoms with Crippen LogP contribution in [0.3, 0.4) is 0 Å². The number of anilines is 1. The van der Waals surface area contributed by atoms with E-state index in [2.05, 4.69) is 24.1 Å². The molecule has 3 aromatic rings. The van der Waals surface area contributed by atoms with Gasteiger partial charge >= 0.3 is 12.1 Å². The van der Waals surface area contributed by atoms with Crippen molar-refractivity contribution in [1.82, 2.24) is 4.98 Å². The number of carbonyl (C=O) groups excluding carboxylic acids is 1. The maximum atomic E-state index is 11.6. The van der Waals surface area contributed by atoms with Gasteiger partial charge in [-0.25, -0.2) is 10.1 Å². The van der Waals surface area contributed by atoms with Crippen LogP contribution in [0.15, 0.2) is 52.9 Å². The monoisotopic (exact) mass is 439 g/mol. The van der Waals surface area contributed by atoms with Crippen LogP contribution in [0.2, 0.25) is 0 Å². The third kappa shape index (κ3) is 6.55. The van der Waals surface area contributed by atoms with Crippen LogP contribution in [0.25, 0.3) is 11.1 Å². The molecule has 0 bridgehead atoms. The Balaban J connectivity index is 1.74. The van der Waals surface area contributed by atoms with Gasteiger partial charge in [0.2, 0.25) is 0 Å². The predicted molar refractivity (Wildman–Crippen MR) is 126 cm³/mol. The first-order valence-corrected chi connectivity index (χ1v) is 11.2. The minimum absolute atomic E-state index is 0.0981. The third-order valence-corrected chi connectivity index (χ3v) is 5.46. The molecular formula is C25H33N3O4. The highest BCUT2D eigenvalue weighted by atomic mass is 16.5. The average Bonchev–Trinajstić information content (AvgIpc) is 3.15. The van der Waals surface area contributed by atoms with Crippen molar-refractivity contribution in [3.8, 4) is 0 Å². The Labute approximate surface area is 189 Å². The number of hydrogen-bond acceptors (Lipinski definition) is 6. The molecule has 0 spiro atoms. The smallest absolute Gasteiger partial charge is 0.415 e. The Morgan fingerprint density at radius 2 is 1.94 bits per heavy atom. The summed E-state index contributed by atoms with van der Waals surface area (Å²) in [5.41, 5.74) is 9.73. The Morgan fingerprint density at radius 1 is 1.19 bits per heavy atom. The van der Waals surface area contributed by atoms with Gasteiger partial charge in [-0.05, 0) is 61.3 Å². The number of ether oxygens (including phenoxy) is 1. The molecule has 0 aliphatic carbocycles. The van der Waals surface area contributed by atoms with Crippen LogP contribution < -0.4 is 11.1 Å². The van der Waals surface area contributed by atoms with Crippen molar-refractivity contribution < 1.29 is 19.1 Å². The summed E-state index contributed by atoms with van der Waals surface area (Å²) in [5.74, 6) is 0.562. The van der Waals surface area contributed by atoms with Crippen LogP contribution in [-0.2, 0) is 11.2 Å². The van der Waals surface area contributed by atoms with Gasteiger partial charge < -0.3 is 20.0 Å². The SMILES string of the molecule is CCOC(=O)Nc1nc2ccc(C(CC(C)C)C[C@@H](O)[C@@H](N)Cc3ccccc3)cc2o1. The van der Waals surface area contributed by atoms with Crippen LogP contribution in [-0.4, -0.2) is 34.9 Å². The first-order valence-electron chi connectivity index (χ1n) is 11.2. The van der Waals surface area contributed by atoms with Gasteiger partial charge in [0, 0.05) is 6.04 Å². The summed E-state index contributed by atoms with van der Waals surface area (Å²) >= 11 is 0. The van der Waals surface area contributed by atoms with E-state index in [0.717, 1.165) is 17.5 Å². The third-order valence-electron chi connectivity index (χ3n) is 5.46. The molecule has 1 unspecified atom stereocenters. The topological polar surface area (TPSA) is 111 Å². The van der Waals surface area contributed by atoms with Crippen LogP contribution in [0.4, 0.5) is 10.8 Å². The molecule has 0 radical (unpaired) electrons. The minimum atomic E-state index is -0.634. The fraction of sp³-hybridized carbons (Fsp3) is 0.440. The van der Waals surface area contributed by atoms with E-state index in [1.165, 1.54) is 0 Å². The number of aromatic nitrogens is 1. The van der Waals surface area contributed by atoms with Gasteiger partial charge in [-0.15, -0.1) is 0 Å². The number of rotatable bonds is 10. The van der Waals surface area contributed by atoms with Crippen molar-refractivity contribution in [2.45, 2.75) is 58.1 Å². The van der Waals surface area contributed by atoms with Crippen molar-refractivity contribution >= 4 is 23.2 Å². The Hall–Kier alpha value is -2.90. The van der Waals surface area contributed by atoms with E-state index in [-0.39, 0.29) is 24.6 Å². The molecule has 1 aromatic heterocycles. The van der Waals surface area contributed by atoms with Crippen molar-refractivity contribution in [2.75, 3.05) is 11.9 Å².